The highest BCUT2D eigenvalue weighted by Crippen LogP contribution is 2.23. The van der Waals surface area contributed by atoms with Gasteiger partial charge < -0.3 is 44.8 Å². The van der Waals surface area contributed by atoms with Crippen LogP contribution in [0, 0.1) is 0 Å². The number of hydrogen-bond acceptors (Lipinski definition) is 10. The van der Waals surface area contributed by atoms with Crippen LogP contribution < -0.4 is 0 Å². The van der Waals surface area contributed by atoms with E-state index in [0.717, 1.165) is 0 Å². The molecule has 1 saturated heterocycles. The Kier molecular flexibility index (Phi) is 7.42. The van der Waals surface area contributed by atoms with E-state index >= 15 is 0 Å². The lowest BCUT2D eigenvalue weighted by molar-refractivity contribution is -0.319. The van der Waals surface area contributed by atoms with Crippen LogP contribution in [0.4, 0.5) is 0 Å². The van der Waals surface area contributed by atoms with E-state index < -0.39 is 62.7 Å². The predicted molar refractivity (Wildman–Crippen MR) is 63.7 cm³/mol. The van der Waals surface area contributed by atoms with Gasteiger partial charge in [-0.05, 0) is 0 Å². The van der Waals surface area contributed by atoms with E-state index in [4.69, 9.17) is 19.7 Å². The van der Waals surface area contributed by atoms with Crippen LogP contribution in [0.2, 0.25) is 0 Å². The molecule has 0 saturated carbocycles. The predicted octanol–water partition coefficient (Wildman–Crippen LogP) is -4.30. The lowest BCUT2D eigenvalue weighted by Gasteiger charge is -2.41. The second kappa shape index (κ2) is 8.56. The first-order valence-electron chi connectivity index (χ1n) is 6.26. The highest BCUT2D eigenvalue weighted by molar-refractivity contribution is 5.37. The molecule has 1 fully saturated rings. The molecule has 0 bridgehead atoms. The van der Waals surface area contributed by atoms with Gasteiger partial charge in [-0.1, -0.05) is 0 Å². The smallest absolute Gasteiger partial charge is 0.293 e. The zero-order valence-corrected chi connectivity index (χ0v) is 11.1. The molecule has 10 nitrogen and oxygen atoms in total. The van der Waals surface area contributed by atoms with E-state index in [2.05, 4.69) is 4.74 Å². The fourth-order valence-corrected chi connectivity index (χ4v) is 1.92. The van der Waals surface area contributed by atoms with Crippen LogP contribution in [-0.4, -0.2) is 99.8 Å². The maximum atomic E-state index is 10.3. The first-order chi connectivity index (χ1) is 9.99. The molecule has 124 valence electrons. The van der Waals surface area contributed by atoms with E-state index in [9.17, 15) is 25.2 Å². The quantitative estimate of drug-likeness (QED) is 0.241. The van der Waals surface area contributed by atoms with Gasteiger partial charge in [0, 0.05) is 0 Å². The van der Waals surface area contributed by atoms with Gasteiger partial charge in [0.25, 0.3) is 6.47 Å². The molecule has 7 atom stereocenters. The third-order valence-electron chi connectivity index (χ3n) is 3.16. The van der Waals surface area contributed by atoms with Crippen LogP contribution in [-0.2, 0) is 19.0 Å². The summed E-state index contributed by atoms with van der Waals surface area (Å²) in [4.78, 5) is 10.3. The van der Waals surface area contributed by atoms with E-state index in [1.165, 1.54) is 0 Å². The summed E-state index contributed by atoms with van der Waals surface area (Å²) < 4.78 is 14.7. The average molecular weight is 312 g/mol. The Morgan fingerprint density at radius 3 is 2.10 bits per heavy atom. The van der Waals surface area contributed by atoms with Crippen LogP contribution in [0.1, 0.15) is 0 Å². The molecule has 1 aliphatic heterocycles. The number of rotatable bonds is 8. The molecule has 0 amide bonds. The number of aliphatic hydroxyl groups excluding tert-OH is 6. The van der Waals surface area contributed by atoms with Crippen molar-refractivity contribution < 1.29 is 49.6 Å². The summed E-state index contributed by atoms with van der Waals surface area (Å²) in [6.07, 6.45) is -9.96. The fraction of sp³-hybridized carbons (Fsp3) is 0.909. The van der Waals surface area contributed by atoms with E-state index in [1.807, 2.05) is 0 Å². The van der Waals surface area contributed by atoms with Gasteiger partial charge in [0.1, 0.15) is 30.5 Å². The van der Waals surface area contributed by atoms with Gasteiger partial charge >= 0.3 is 0 Å². The topological polar surface area (TPSA) is 166 Å². The van der Waals surface area contributed by atoms with E-state index in [0.29, 0.717) is 0 Å². The number of aliphatic hydroxyl groups is 6. The molecule has 1 rings (SSSR count). The Hall–Kier alpha value is -0.850. The Balaban J connectivity index is 2.75. The van der Waals surface area contributed by atoms with E-state index in [1.54, 1.807) is 0 Å². The molecule has 0 aromatic rings. The molecule has 21 heavy (non-hydrogen) atoms. The Labute approximate surface area is 120 Å². The van der Waals surface area contributed by atoms with Gasteiger partial charge in [0.05, 0.1) is 19.8 Å². The largest absolute Gasteiger partial charge is 0.459 e. The number of carbonyl (C=O) groups excluding carboxylic acids is 1. The van der Waals surface area contributed by atoms with Crippen LogP contribution in [0.3, 0.4) is 0 Å². The lowest BCUT2D eigenvalue weighted by atomic mass is 9.99. The molecule has 0 spiro atoms. The van der Waals surface area contributed by atoms with Crippen molar-refractivity contribution in [2.75, 3.05) is 19.8 Å². The van der Waals surface area contributed by atoms with Gasteiger partial charge in [-0.25, -0.2) is 0 Å². The highest BCUT2D eigenvalue weighted by Gasteiger charge is 2.45. The van der Waals surface area contributed by atoms with Crippen molar-refractivity contribution in [3.05, 3.63) is 0 Å². The minimum Gasteiger partial charge on any atom is -0.459 e. The van der Waals surface area contributed by atoms with Crippen molar-refractivity contribution in [3.8, 4) is 0 Å². The summed E-state index contributed by atoms with van der Waals surface area (Å²) in [5.74, 6) is 0. The van der Waals surface area contributed by atoms with Crippen LogP contribution in [0.15, 0.2) is 0 Å². The minimum atomic E-state index is -1.66. The molecule has 10 heteroatoms. The third-order valence-corrected chi connectivity index (χ3v) is 3.16. The summed E-state index contributed by atoms with van der Waals surface area (Å²) in [5.41, 5.74) is 0. The molecule has 0 aromatic carbocycles. The molecule has 0 unspecified atom stereocenters. The van der Waals surface area contributed by atoms with Crippen LogP contribution in [0.25, 0.3) is 0 Å². The summed E-state index contributed by atoms with van der Waals surface area (Å²) in [7, 11) is 0. The first-order valence-corrected chi connectivity index (χ1v) is 6.26. The SMILES string of the molecule is O=CO[C@H](CO)[C@H](CO)O[C@H]1O[C@H](CO)[C@@H](O)[C@H](O)[C@H]1O. The standard InChI is InChI=1S/C11H20O10/c12-1-5(19-4-15)6(2-13)20-11-10(18)9(17)8(16)7(3-14)21-11/h4-14,16-18H,1-3H2/t5-,6+,7-,8-,9+,10-,11+/m1/s1. The molecule has 1 heterocycles. The van der Waals surface area contributed by atoms with Crippen molar-refractivity contribution in [3.63, 3.8) is 0 Å². The van der Waals surface area contributed by atoms with Crippen molar-refractivity contribution in [1.29, 1.82) is 0 Å². The molecule has 0 radical (unpaired) electrons. The zero-order valence-electron chi connectivity index (χ0n) is 11.1. The zero-order chi connectivity index (χ0) is 16.0. The normalized spacial score (nSPS) is 36.0. The molecule has 1 aliphatic rings. The van der Waals surface area contributed by atoms with Gasteiger partial charge in [-0.3, -0.25) is 4.79 Å². The average Bonchev–Trinajstić information content (AvgIpc) is 2.50. The number of ether oxygens (including phenoxy) is 3. The van der Waals surface area contributed by atoms with Crippen molar-refractivity contribution in [2.45, 2.75) is 42.9 Å². The highest BCUT2D eigenvalue weighted by atomic mass is 16.7. The van der Waals surface area contributed by atoms with Gasteiger partial charge in [0.2, 0.25) is 0 Å². The first kappa shape index (κ1) is 18.2. The molecule has 6 N–H and O–H groups in total. The lowest BCUT2D eigenvalue weighted by Crippen LogP contribution is -2.60. The maximum Gasteiger partial charge on any atom is 0.293 e. The summed E-state index contributed by atoms with van der Waals surface area (Å²) >= 11 is 0. The minimum absolute atomic E-state index is 0.0557. The summed E-state index contributed by atoms with van der Waals surface area (Å²) in [6, 6.07) is 0. The van der Waals surface area contributed by atoms with Crippen molar-refractivity contribution in [2.24, 2.45) is 0 Å². The Morgan fingerprint density at radius 1 is 1.00 bits per heavy atom. The van der Waals surface area contributed by atoms with Gasteiger partial charge in [-0.15, -0.1) is 0 Å². The van der Waals surface area contributed by atoms with E-state index in [-0.39, 0.29) is 6.47 Å². The second-order valence-electron chi connectivity index (χ2n) is 4.51. The van der Waals surface area contributed by atoms with Crippen LogP contribution >= 0.6 is 0 Å². The fourth-order valence-electron chi connectivity index (χ4n) is 1.92. The molecular formula is C11H20O10. The summed E-state index contributed by atoms with van der Waals surface area (Å²) in [5, 5.41) is 56.2. The van der Waals surface area contributed by atoms with Gasteiger partial charge in [0.15, 0.2) is 12.4 Å². The number of carbonyl (C=O) groups is 1. The Morgan fingerprint density at radius 2 is 1.62 bits per heavy atom. The Bertz CT molecular complexity index is 311. The molecule has 0 aromatic heterocycles. The van der Waals surface area contributed by atoms with Crippen LogP contribution in [0.5, 0.6) is 0 Å². The monoisotopic (exact) mass is 312 g/mol. The van der Waals surface area contributed by atoms with Crippen molar-refractivity contribution in [1.82, 2.24) is 0 Å². The maximum absolute atomic E-state index is 10.3. The molecular weight excluding hydrogens is 292 g/mol. The third kappa shape index (κ3) is 4.31. The molecule has 0 aliphatic carbocycles. The number of hydrogen-bond donors (Lipinski definition) is 6. The second-order valence-corrected chi connectivity index (χ2v) is 4.51. The van der Waals surface area contributed by atoms with Gasteiger partial charge in [-0.2, -0.15) is 0 Å². The van der Waals surface area contributed by atoms with Crippen molar-refractivity contribution >= 4 is 6.47 Å². The summed E-state index contributed by atoms with van der Waals surface area (Å²) in [6.45, 7) is -1.90.